The Morgan fingerprint density at radius 2 is 2.22 bits per heavy atom. The second kappa shape index (κ2) is 5.14. The number of nitrogens with zero attached hydrogens (tertiary/aromatic N) is 4. The average Bonchev–Trinajstić information content (AvgIpc) is 2.76. The van der Waals surface area contributed by atoms with E-state index in [1.54, 1.807) is 11.8 Å². The Morgan fingerprint density at radius 3 is 2.83 bits per heavy atom. The number of ether oxygens (including phenoxy) is 1. The van der Waals surface area contributed by atoms with E-state index in [2.05, 4.69) is 15.3 Å². The van der Waals surface area contributed by atoms with Gasteiger partial charge in [0.2, 0.25) is 0 Å². The van der Waals surface area contributed by atoms with Crippen LogP contribution in [0.5, 0.6) is 5.75 Å². The van der Waals surface area contributed by atoms with E-state index in [-0.39, 0.29) is 6.04 Å². The second-order valence-corrected chi connectivity index (χ2v) is 4.27. The van der Waals surface area contributed by atoms with Crippen LogP contribution in [0.15, 0.2) is 18.3 Å². The molecule has 0 aliphatic heterocycles. The Bertz CT molecular complexity index is 535. The Balaban J connectivity index is 2.19. The van der Waals surface area contributed by atoms with Crippen molar-refractivity contribution >= 4 is 0 Å². The molecule has 0 amide bonds. The van der Waals surface area contributed by atoms with Crippen molar-refractivity contribution < 1.29 is 4.74 Å². The van der Waals surface area contributed by atoms with Gasteiger partial charge in [-0.1, -0.05) is 5.21 Å². The summed E-state index contributed by atoms with van der Waals surface area (Å²) < 4.78 is 6.93. The number of aromatic nitrogens is 4. The molecule has 6 nitrogen and oxygen atoms in total. The molecule has 2 N–H and O–H groups in total. The minimum absolute atomic E-state index is 0.112. The topological polar surface area (TPSA) is 78.9 Å². The lowest BCUT2D eigenvalue weighted by molar-refractivity contribution is 0.412. The van der Waals surface area contributed by atoms with Gasteiger partial charge in [0.15, 0.2) is 0 Å². The molecular weight excluding hydrogens is 230 g/mol. The number of nitrogens with two attached hydrogens (primary N) is 1. The molecule has 96 valence electrons. The van der Waals surface area contributed by atoms with Gasteiger partial charge in [0.1, 0.15) is 5.75 Å². The smallest absolute Gasteiger partial charge is 0.122 e. The van der Waals surface area contributed by atoms with Crippen molar-refractivity contribution in [1.29, 1.82) is 0 Å². The van der Waals surface area contributed by atoms with Gasteiger partial charge in [-0.05, 0) is 13.8 Å². The number of methoxy groups -OCH3 is 1. The van der Waals surface area contributed by atoms with Crippen molar-refractivity contribution in [1.82, 2.24) is 20.0 Å². The fourth-order valence-electron chi connectivity index (χ4n) is 1.67. The summed E-state index contributed by atoms with van der Waals surface area (Å²) in [6, 6.07) is 3.66. The number of rotatable bonds is 4. The lowest BCUT2D eigenvalue weighted by atomic mass is 10.3. The number of aryl methyl sites for hydroxylation is 1. The third-order valence-corrected chi connectivity index (χ3v) is 2.56. The molecule has 2 heterocycles. The molecule has 6 heteroatoms. The van der Waals surface area contributed by atoms with Gasteiger partial charge in [0.05, 0.1) is 31.2 Å². The second-order valence-electron chi connectivity index (χ2n) is 4.27. The van der Waals surface area contributed by atoms with Crippen molar-refractivity contribution in [2.75, 3.05) is 7.11 Å². The standard InChI is InChI=1S/C12H17N5O/c1-8-4-11(18-3)5-10(14-8)6-17-7-12(9(2)13)15-16-17/h4-5,7,9H,6,13H2,1-3H3. The lowest BCUT2D eigenvalue weighted by Crippen LogP contribution is -2.05. The summed E-state index contributed by atoms with van der Waals surface area (Å²) in [5.74, 6) is 0.796. The van der Waals surface area contributed by atoms with Crippen LogP contribution >= 0.6 is 0 Å². The van der Waals surface area contributed by atoms with E-state index in [4.69, 9.17) is 10.5 Å². The minimum Gasteiger partial charge on any atom is -0.497 e. The molecule has 0 aliphatic carbocycles. The maximum Gasteiger partial charge on any atom is 0.122 e. The first kappa shape index (κ1) is 12.5. The quantitative estimate of drug-likeness (QED) is 0.873. The van der Waals surface area contributed by atoms with E-state index < -0.39 is 0 Å². The summed E-state index contributed by atoms with van der Waals surface area (Å²) in [5.41, 5.74) is 8.31. The Morgan fingerprint density at radius 1 is 1.44 bits per heavy atom. The predicted octanol–water partition coefficient (Wildman–Crippen LogP) is 1.06. The minimum atomic E-state index is -0.112. The summed E-state index contributed by atoms with van der Waals surface area (Å²) >= 11 is 0. The SMILES string of the molecule is COc1cc(C)nc(Cn2cc(C(C)N)nn2)c1. The van der Waals surface area contributed by atoms with E-state index in [0.717, 1.165) is 22.8 Å². The molecule has 18 heavy (non-hydrogen) atoms. The van der Waals surface area contributed by atoms with Gasteiger partial charge in [0, 0.05) is 23.9 Å². The molecular formula is C12H17N5O. The molecule has 0 bridgehead atoms. The van der Waals surface area contributed by atoms with Crippen LogP contribution in [0.25, 0.3) is 0 Å². The number of hydrogen-bond donors (Lipinski definition) is 1. The zero-order chi connectivity index (χ0) is 13.1. The molecule has 2 aromatic heterocycles. The van der Waals surface area contributed by atoms with E-state index in [1.807, 2.05) is 32.2 Å². The van der Waals surface area contributed by atoms with Gasteiger partial charge < -0.3 is 10.5 Å². The Kier molecular flexibility index (Phi) is 3.57. The zero-order valence-corrected chi connectivity index (χ0v) is 10.8. The van der Waals surface area contributed by atoms with Crippen LogP contribution in [0.3, 0.4) is 0 Å². The molecule has 0 aromatic carbocycles. The highest BCUT2D eigenvalue weighted by Crippen LogP contribution is 2.14. The highest BCUT2D eigenvalue weighted by Gasteiger charge is 2.07. The number of pyridine rings is 1. The van der Waals surface area contributed by atoms with Gasteiger partial charge in [-0.25, -0.2) is 4.68 Å². The van der Waals surface area contributed by atoms with E-state index in [1.165, 1.54) is 0 Å². The van der Waals surface area contributed by atoms with Crippen molar-refractivity contribution in [3.8, 4) is 5.75 Å². The normalized spacial score (nSPS) is 12.4. The first-order chi connectivity index (χ1) is 8.58. The summed E-state index contributed by atoms with van der Waals surface area (Å²) in [5, 5.41) is 8.03. The number of hydrogen-bond acceptors (Lipinski definition) is 5. The van der Waals surface area contributed by atoms with Crippen LogP contribution in [0.1, 0.15) is 30.0 Å². The Labute approximate surface area is 106 Å². The fourth-order valence-corrected chi connectivity index (χ4v) is 1.67. The summed E-state index contributed by atoms with van der Waals surface area (Å²) in [7, 11) is 1.64. The lowest BCUT2D eigenvalue weighted by Gasteiger charge is -2.05. The summed E-state index contributed by atoms with van der Waals surface area (Å²) in [6.07, 6.45) is 1.83. The van der Waals surface area contributed by atoms with Gasteiger partial charge >= 0.3 is 0 Å². The fraction of sp³-hybridized carbons (Fsp3) is 0.417. The Hall–Kier alpha value is -1.95. The average molecular weight is 247 g/mol. The summed E-state index contributed by atoms with van der Waals surface area (Å²) in [6.45, 7) is 4.36. The zero-order valence-electron chi connectivity index (χ0n) is 10.8. The molecule has 0 saturated carbocycles. The van der Waals surface area contributed by atoms with Crippen molar-refractivity contribution in [2.45, 2.75) is 26.4 Å². The van der Waals surface area contributed by atoms with Gasteiger partial charge in [-0.15, -0.1) is 5.10 Å². The van der Waals surface area contributed by atoms with E-state index >= 15 is 0 Å². The molecule has 0 radical (unpaired) electrons. The van der Waals surface area contributed by atoms with Crippen molar-refractivity contribution in [3.05, 3.63) is 35.4 Å². The monoisotopic (exact) mass is 247 g/mol. The van der Waals surface area contributed by atoms with Crippen LogP contribution in [0, 0.1) is 6.92 Å². The molecule has 0 fully saturated rings. The molecule has 2 aromatic rings. The maximum absolute atomic E-state index is 5.74. The first-order valence-corrected chi connectivity index (χ1v) is 5.75. The molecule has 2 rings (SSSR count). The largest absolute Gasteiger partial charge is 0.497 e. The first-order valence-electron chi connectivity index (χ1n) is 5.75. The van der Waals surface area contributed by atoms with E-state index in [0.29, 0.717) is 6.54 Å². The van der Waals surface area contributed by atoms with Crippen LogP contribution in [0.4, 0.5) is 0 Å². The van der Waals surface area contributed by atoms with Crippen LogP contribution in [0.2, 0.25) is 0 Å². The third kappa shape index (κ3) is 2.84. The molecule has 0 aliphatic rings. The highest BCUT2D eigenvalue weighted by molar-refractivity contribution is 5.26. The third-order valence-electron chi connectivity index (χ3n) is 2.56. The molecule has 1 atom stereocenters. The van der Waals surface area contributed by atoms with Crippen LogP contribution in [-0.4, -0.2) is 27.1 Å². The molecule has 1 unspecified atom stereocenters. The maximum atomic E-state index is 5.74. The van der Waals surface area contributed by atoms with Crippen molar-refractivity contribution in [3.63, 3.8) is 0 Å². The van der Waals surface area contributed by atoms with Crippen LogP contribution in [-0.2, 0) is 6.54 Å². The predicted molar refractivity (Wildman–Crippen MR) is 67.3 cm³/mol. The van der Waals surface area contributed by atoms with Crippen LogP contribution < -0.4 is 10.5 Å². The van der Waals surface area contributed by atoms with Crippen molar-refractivity contribution in [2.24, 2.45) is 5.73 Å². The van der Waals surface area contributed by atoms with Gasteiger partial charge in [-0.2, -0.15) is 0 Å². The molecule has 0 spiro atoms. The van der Waals surface area contributed by atoms with Gasteiger partial charge in [-0.3, -0.25) is 4.98 Å². The highest BCUT2D eigenvalue weighted by atomic mass is 16.5. The van der Waals surface area contributed by atoms with Gasteiger partial charge in [0.25, 0.3) is 0 Å². The molecule has 0 saturated heterocycles. The summed E-state index contributed by atoms with van der Waals surface area (Å²) in [4.78, 5) is 4.43. The van der Waals surface area contributed by atoms with E-state index in [9.17, 15) is 0 Å².